The highest BCUT2D eigenvalue weighted by atomic mass is 15.2. The zero-order valence-electron chi connectivity index (χ0n) is 14.7. The minimum absolute atomic E-state index is 0.674. The maximum Gasteiger partial charge on any atom is 0.104 e. The van der Waals surface area contributed by atoms with E-state index in [1.54, 1.807) is 0 Å². The molecule has 2 aromatic rings. The van der Waals surface area contributed by atoms with Crippen molar-refractivity contribution in [1.82, 2.24) is 10.2 Å². The zero-order chi connectivity index (χ0) is 17.1. The monoisotopic (exact) mass is 325 g/mol. The molecule has 0 spiro atoms. The smallest absolute Gasteiger partial charge is 0.104 e. The van der Waals surface area contributed by atoms with E-state index in [1.165, 1.54) is 12.8 Å². The summed E-state index contributed by atoms with van der Waals surface area (Å²) in [6.07, 6.45) is 3.29. The second-order valence-electron chi connectivity index (χ2n) is 6.33. The molecule has 0 unspecified atom stereocenters. The number of aromatic amines is 1. The van der Waals surface area contributed by atoms with Gasteiger partial charge in [0.15, 0.2) is 0 Å². The van der Waals surface area contributed by atoms with Crippen molar-refractivity contribution in [2.75, 3.05) is 29.9 Å². The Labute approximate surface area is 143 Å². The molecule has 1 aromatic carbocycles. The van der Waals surface area contributed by atoms with Gasteiger partial charge in [0, 0.05) is 41.3 Å². The van der Waals surface area contributed by atoms with Gasteiger partial charge in [-0.15, -0.1) is 0 Å². The topological polar surface area (TPSA) is 70.0 Å². The Balaban J connectivity index is 2.01. The third-order valence-electron chi connectivity index (χ3n) is 4.55. The van der Waals surface area contributed by atoms with Gasteiger partial charge in [-0.3, -0.25) is 5.10 Å². The molecule has 4 N–H and O–H groups in total. The summed E-state index contributed by atoms with van der Waals surface area (Å²) in [5, 5.41) is 11.2. The van der Waals surface area contributed by atoms with Crippen molar-refractivity contribution in [3.63, 3.8) is 0 Å². The molecule has 5 heteroatoms. The predicted molar refractivity (Wildman–Crippen MR) is 102 cm³/mol. The number of fused-ring (bicyclic) bond motifs is 3. The van der Waals surface area contributed by atoms with Crippen LogP contribution >= 0.6 is 0 Å². The summed E-state index contributed by atoms with van der Waals surface area (Å²) in [6.45, 7) is 11.1. The number of anilines is 2. The summed E-state index contributed by atoms with van der Waals surface area (Å²) in [5.74, 6) is 0. The van der Waals surface area contributed by atoms with Gasteiger partial charge in [-0.05, 0) is 44.5 Å². The van der Waals surface area contributed by atoms with E-state index in [4.69, 9.17) is 5.73 Å². The number of rotatable bonds is 7. The number of H-pyrrole nitrogens is 1. The second kappa shape index (κ2) is 7.09. The van der Waals surface area contributed by atoms with Gasteiger partial charge in [0.25, 0.3) is 0 Å². The number of hydrogen-bond acceptors (Lipinski definition) is 4. The van der Waals surface area contributed by atoms with Crippen LogP contribution in [0.1, 0.15) is 37.4 Å². The molecule has 1 aliphatic heterocycles. The zero-order valence-corrected chi connectivity index (χ0v) is 14.7. The van der Waals surface area contributed by atoms with Crippen molar-refractivity contribution in [3.8, 4) is 11.3 Å². The average molecular weight is 325 g/mol. The lowest BCUT2D eigenvalue weighted by Gasteiger charge is -2.33. The number of nitrogens with two attached hydrogens (primary N) is 1. The molecule has 128 valence electrons. The average Bonchev–Trinajstić information content (AvgIpc) is 2.97. The van der Waals surface area contributed by atoms with Crippen LogP contribution in [0.5, 0.6) is 0 Å². The van der Waals surface area contributed by atoms with Gasteiger partial charge in [-0.2, -0.15) is 5.10 Å². The molecule has 3 rings (SSSR count). The highest BCUT2D eigenvalue weighted by molar-refractivity contribution is 5.98. The lowest BCUT2D eigenvalue weighted by Crippen LogP contribution is -2.27. The van der Waals surface area contributed by atoms with Gasteiger partial charge in [0.2, 0.25) is 0 Å². The SMILES string of the molecule is C=C1c2c(n[nH]c2C)-c2cc(NCCCC)ccc2N1CCCN. The Morgan fingerprint density at radius 3 is 2.92 bits per heavy atom. The Bertz CT molecular complexity index is 731. The third-order valence-corrected chi connectivity index (χ3v) is 4.55. The minimum Gasteiger partial charge on any atom is -0.385 e. The van der Waals surface area contributed by atoms with Crippen LogP contribution in [0, 0.1) is 6.92 Å². The number of unbranched alkanes of at least 4 members (excludes halogenated alkanes) is 1. The summed E-state index contributed by atoms with van der Waals surface area (Å²) in [4.78, 5) is 2.27. The van der Waals surface area contributed by atoms with Gasteiger partial charge in [-0.25, -0.2) is 0 Å². The van der Waals surface area contributed by atoms with E-state index in [1.807, 2.05) is 6.92 Å². The maximum atomic E-state index is 5.72. The van der Waals surface area contributed by atoms with E-state index < -0.39 is 0 Å². The fourth-order valence-electron chi connectivity index (χ4n) is 3.24. The maximum absolute atomic E-state index is 5.72. The summed E-state index contributed by atoms with van der Waals surface area (Å²) >= 11 is 0. The van der Waals surface area contributed by atoms with E-state index in [2.05, 4.69) is 52.1 Å². The first-order valence-electron chi connectivity index (χ1n) is 8.77. The van der Waals surface area contributed by atoms with Crippen molar-refractivity contribution in [1.29, 1.82) is 0 Å². The molecule has 0 aliphatic carbocycles. The predicted octanol–water partition coefficient (Wildman–Crippen LogP) is 3.74. The molecule has 0 amide bonds. The molecule has 0 atom stereocenters. The fraction of sp³-hybridized carbons (Fsp3) is 0.421. The first-order chi connectivity index (χ1) is 11.7. The number of aryl methyl sites for hydroxylation is 1. The standard InChI is InChI=1S/C19H27N5/c1-4-5-10-21-15-7-8-17-16(12-15)19-18(13(2)22-23-19)14(3)24(17)11-6-9-20/h7-8,12,21H,3-6,9-11,20H2,1-2H3,(H,22,23). The van der Waals surface area contributed by atoms with Crippen LogP contribution in [0.25, 0.3) is 17.0 Å². The van der Waals surface area contributed by atoms with Crippen molar-refractivity contribution < 1.29 is 0 Å². The van der Waals surface area contributed by atoms with Crippen LogP contribution in [0.4, 0.5) is 11.4 Å². The largest absolute Gasteiger partial charge is 0.385 e. The van der Waals surface area contributed by atoms with E-state index in [0.29, 0.717) is 6.54 Å². The Morgan fingerprint density at radius 2 is 2.17 bits per heavy atom. The number of hydrogen-bond donors (Lipinski definition) is 3. The Hall–Kier alpha value is -2.27. The lowest BCUT2D eigenvalue weighted by atomic mass is 9.95. The van der Waals surface area contributed by atoms with Gasteiger partial charge < -0.3 is 16.0 Å². The molecule has 2 heterocycles. The van der Waals surface area contributed by atoms with Crippen molar-refractivity contribution in [2.24, 2.45) is 5.73 Å². The number of aromatic nitrogens is 2. The highest BCUT2D eigenvalue weighted by Crippen LogP contribution is 2.44. The molecule has 0 saturated carbocycles. The first kappa shape index (κ1) is 16.6. The number of benzene rings is 1. The lowest BCUT2D eigenvalue weighted by molar-refractivity contribution is 0.819. The normalized spacial score (nSPS) is 13.0. The molecule has 1 aromatic heterocycles. The van der Waals surface area contributed by atoms with Crippen LogP contribution in [0.3, 0.4) is 0 Å². The molecule has 0 radical (unpaired) electrons. The van der Waals surface area contributed by atoms with Crippen molar-refractivity contribution >= 4 is 17.1 Å². The summed E-state index contributed by atoms with van der Waals surface area (Å²) < 4.78 is 0. The molecule has 0 bridgehead atoms. The van der Waals surface area contributed by atoms with Crippen LogP contribution < -0.4 is 16.0 Å². The van der Waals surface area contributed by atoms with E-state index >= 15 is 0 Å². The van der Waals surface area contributed by atoms with Gasteiger partial charge in [-0.1, -0.05) is 19.9 Å². The molecular formula is C19H27N5. The quantitative estimate of drug-likeness (QED) is 0.678. The van der Waals surface area contributed by atoms with Crippen LogP contribution in [-0.2, 0) is 0 Å². The fourth-order valence-corrected chi connectivity index (χ4v) is 3.24. The Morgan fingerprint density at radius 1 is 1.33 bits per heavy atom. The van der Waals surface area contributed by atoms with Crippen molar-refractivity contribution in [3.05, 3.63) is 36.0 Å². The van der Waals surface area contributed by atoms with E-state index in [-0.39, 0.29) is 0 Å². The van der Waals surface area contributed by atoms with Crippen molar-refractivity contribution in [2.45, 2.75) is 33.1 Å². The molecule has 0 fully saturated rings. The van der Waals surface area contributed by atoms with Crippen LogP contribution in [-0.4, -0.2) is 29.8 Å². The van der Waals surface area contributed by atoms with E-state index in [0.717, 1.165) is 59.1 Å². The van der Waals surface area contributed by atoms with Crippen LogP contribution in [0.2, 0.25) is 0 Å². The Kier molecular flexibility index (Phi) is 4.90. The summed E-state index contributed by atoms with van der Waals surface area (Å²) in [5.41, 5.74) is 13.3. The minimum atomic E-state index is 0.674. The summed E-state index contributed by atoms with van der Waals surface area (Å²) in [7, 11) is 0. The molecule has 0 saturated heterocycles. The van der Waals surface area contributed by atoms with E-state index in [9.17, 15) is 0 Å². The van der Waals surface area contributed by atoms with Gasteiger partial charge >= 0.3 is 0 Å². The van der Waals surface area contributed by atoms with Crippen LogP contribution in [0.15, 0.2) is 24.8 Å². The molecule has 5 nitrogen and oxygen atoms in total. The van der Waals surface area contributed by atoms with Gasteiger partial charge in [0.05, 0.1) is 5.69 Å². The summed E-state index contributed by atoms with van der Waals surface area (Å²) in [6, 6.07) is 6.51. The second-order valence-corrected chi connectivity index (χ2v) is 6.33. The number of nitrogens with one attached hydrogen (secondary N) is 2. The molecule has 24 heavy (non-hydrogen) atoms. The highest BCUT2D eigenvalue weighted by Gasteiger charge is 2.29. The first-order valence-corrected chi connectivity index (χ1v) is 8.77. The third kappa shape index (κ3) is 2.91. The molecule has 1 aliphatic rings. The number of nitrogens with zero attached hydrogens (tertiary/aromatic N) is 2. The van der Waals surface area contributed by atoms with Gasteiger partial charge in [0.1, 0.15) is 5.69 Å². The molecular weight excluding hydrogens is 298 g/mol.